The van der Waals surface area contributed by atoms with Gasteiger partial charge >= 0.3 is 0 Å². The SMILES string of the molecule is Cl.Fc1cccc([C@H]2CCCCN2)c1F. The third-order valence-electron chi connectivity index (χ3n) is 2.67. The van der Waals surface area contributed by atoms with Crippen LogP contribution in [-0.4, -0.2) is 6.54 Å². The molecule has 0 aromatic heterocycles. The first kappa shape index (κ1) is 12.4. The Kier molecular flexibility index (Phi) is 4.48. The molecule has 0 unspecified atom stereocenters. The summed E-state index contributed by atoms with van der Waals surface area (Å²) in [5, 5.41) is 3.20. The molecule has 1 aliphatic rings. The van der Waals surface area contributed by atoms with E-state index in [1.54, 1.807) is 12.1 Å². The Labute approximate surface area is 94.3 Å². The first-order chi connectivity index (χ1) is 6.79. The van der Waals surface area contributed by atoms with Gasteiger partial charge in [0.2, 0.25) is 0 Å². The highest BCUT2D eigenvalue weighted by Gasteiger charge is 2.19. The topological polar surface area (TPSA) is 12.0 Å². The quantitative estimate of drug-likeness (QED) is 0.786. The molecule has 1 aromatic rings. The van der Waals surface area contributed by atoms with E-state index in [4.69, 9.17) is 0 Å². The van der Waals surface area contributed by atoms with Crippen LogP contribution in [-0.2, 0) is 0 Å². The molecule has 1 fully saturated rings. The molecule has 0 saturated carbocycles. The van der Waals surface area contributed by atoms with Crippen LogP contribution in [0.1, 0.15) is 30.9 Å². The Morgan fingerprint density at radius 1 is 1.20 bits per heavy atom. The monoisotopic (exact) mass is 233 g/mol. The van der Waals surface area contributed by atoms with Gasteiger partial charge in [0.05, 0.1) is 0 Å². The fraction of sp³-hybridized carbons (Fsp3) is 0.455. The summed E-state index contributed by atoms with van der Waals surface area (Å²) in [6.07, 6.45) is 3.08. The minimum Gasteiger partial charge on any atom is -0.310 e. The number of nitrogens with one attached hydrogen (secondary N) is 1. The zero-order chi connectivity index (χ0) is 9.97. The number of hydrogen-bond donors (Lipinski definition) is 1. The average molecular weight is 234 g/mol. The van der Waals surface area contributed by atoms with Crippen molar-refractivity contribution < 1.29 is 8.78 Å². The van der Waals surface area contributed by atoms with E-state index in [0.29, 0.717) is 5.56 Å². The number of benzene rings is 1. The van der Waals surface area contributed by atoms with Crippen molar-refractivity contribution in [2.45, 2.75) is 25.3 Å². The van der Waals surface area contributed by atoms with E-state index in [2.05, 4.69) is 5.32 Å². The molecule has 0 bridgehead atoms. The van der Waals surface area contributed by atoms with Crippen molar-refractivity contribution in [2.24, 2.45) is 0 Å². The largest absolute Gasteiger partial charge is 0.310 e. The van der Waals surface area contributed by atoms with Crippen LogP contribution in [0.3, 0.4) is 0 Å². The van der Waals surface area contributed by atoms with Crippen LogP contribution in [0.25, 0.3) is 0 Å². The summed E-state index contributed by atoms with van der Waals surface area (Å²) in [5.74, 6) is -1.46. The first-order valence-electron chi connectivity index (χ1n) is 4.96. The van der Waals surface area contributed by atoms with Gasteiger partial charge in [-0.05, 0) is 25.5 Å². The van der Waals surface area contributed by atoms with Gasteiger partial charge in [-0.3, -0.25) is 0 Å². The van der Waals surface area contributed by atoms with Crippen molar-refractivity contribution >= 4 is 12.4 Å². The van der Waals surface area contributed by atoms with Crippen molar-refractivity contribution in [3.63, 3.8) is 0 Å². The standard InChI is InChI=1S/C11H13F2N.ClH/c12-9-5-3-4-8(11(9)13)10-6-1-2-7-14-10;/h3-5,10,14H,1-2,6-7H2;1H/t10-;/m1./s1. The summed E-state index contributed by atoms with van der Waals surface area (Å²) in [7, 11) is 0. The normalized spacial score (nSPS) is 20.8. The summed E-state index contributed by atoms with van der Waals surface area (Å²) in [6.45, 7) is 0.890. The minimum absolute atomic E-state index is 0. The Morgan fingerprint density at radius 3 is 2.67 bits per heavy atom. The molecule has 84 valence electrons. The Bertz CT molecular complexity index is 324. The zero-order valence-electron chi connectivity index (χ0n) is 8.30. The van der Waals surface area contributed by atoms with Gasteiger partial charge in [0, 0.05) is 11.6 Å². The number of hydrogen-bond acceptors (Lipinski definition) is 1. The van der Waals surface area contributed by atoms with Crippen LogP contribution in [0.5, 0.6) is 0 Å². The van der Waals surface area contributed by atoms with E-state index in [0.717, 1.165) is 31.9 Å². The molecule has 0 aliphatic carbocycles. The molecule has 0 spiro atoms. The zero-order valence-corrected chi connectivity index (χ0v) is 9.12. The van der Waals surface area contributed by atoms with Crippen molar-refractivity contribution in [1.82, 2.24) is 5.32 Å². The molecule has 4 heteroatoms. The van der Waals surface area contributed by atoms with E-state index in [9.17, 15) is 8.78 Å². The molecular formula is C11H14ClF2N. The van der Waals surface area contributed by atoms with Crippen LogP contribution in [0.15, 0.2) is 18.2 Å². The van der Waals surface area contributed by atoms with Crippen LogP contribution in [0.4, 0.5) is 8.78 Å². The summed E-state index contributed by atoms with van der Waals surface area (Å²) in [6, 6.07) is 4.35. The predicted octanol–water partition coefficient (Wildman–Crippen LogP) is 3.20. The molecule has 1 N–H and O–H groups in total. The molecule has 0 amide bonds. The number of rotatable bonds is 1. The molecular weight excluding hydrogens is 220 g/mol. The highest BCUT2D eigenvalue weighted by molar-refractivity contribution is 5.85. The number of halogens is 3. The van der Waals surface area contributed by atoms with Gasteiger partial charge in [-0.1, -0.05) is 18.6 Å². The summed E-state index contributed by atoms with van der Waals surface area (Å²) >= 11 is 0. The molecule has 1 saturated heterocycles. The van der Waals surface area contributed by atoms with E-state index in [-0.39, 0.29) is 18.4 Å². The van der Waals surface area contributed by atoms with Gasteiger partial charge in [-0.15, -0.1) is 12.4 Å². The van der Waals surface area contributed by atoms with Crippen molar-refractivity contribution in [2.75, 3.05) is 6.54 Å². The van der Waals surface area contributed by atoms with E-state index < -0.39 is 11.6 Å². The van der Waals surface area contributed by atoms with Crippen molar-refractivity contribution in [1.29, 1.82) is 0 Å². The summed E-state index contributed by atoms with van der Waals surface area (Å²) in [5.41, 5.74) is 0.463. The third-order valence-corrected chi connectivity index (χ3v) is 2.67. The van der Waals surface area contributed by atoms with E-state index in [1.165, 1.54) is 0 Å². The average Bonchev–Trinajstić information content (AvgIpc) is 2.23. The lowest BCUT2D eigenvalue weighted by molar-refractivity contribution is 0.391. The fourth-order valence-corrected chi connectivity index (χ4v) is 1.91. The lowest BCUT2D eigenvalue weighted by Gasteiger charge is -2.24. The second kappa shape index (κ2) is 5.42. The van der Waals surface area contributed by atoms with Crippen molar-refractivity contribution in [3.8, 4) is 0 Å². The number of piperidine rings is 1. The Hall–Kier alpha value is -0.670. The maximum absolute atomic E-state index is 13.4. The molecule has 1 atom stereocenters. The van der Waals surface area contributed by atoms with Gasteiger partial charge < -0.3 is 5.32 Å². The molecule has 2 rings (SSSR count). The van der Waals surface area contributed by atoms with E-state index >= 15 is 0 Å². The predicted molar refractivity (Wildman–Crippen MR) is 58.2 cm³/mol. The first-order valence-corrected chi connectivity index (χ1v) is 4.96. The van der Waals surface area contributed by atoms with Gasteiger partial charge in [0.1, 0.15) is 0 Å². The minimum atomic E-state index is -0.755. The molecule has 1 nitrogen and oxygen atoms in total. The Morgan fingerprint density at radius 2 is 2.00 bits per heavy atom. The summed E-state index contributed by atoms with van der Waals surface area (Å²) < 4.78 is 26.3. The highest BCUT2D eigenvalue weighted by Crippen LogP contribution is 2.25. The molecule has 1 aliphatic heterocycles. The Balaban J connectivity index is 0.00000112. The highest BCUT2D eigenvalue weighted by atomic mass is 35.5. The van der Waals surface area contributed by atoms with Crippen LogP contribution >= 0.6 is 12.4 Å². The second-order valence-corrected chi connectivity index (χ2v) is 3.65. The van der Waals surface area contributed by atoms with Crippen LogP contribution in [0.2, 0.25) is 0 Å². The second-order valence-electron chi connectivity index (χ2n) is 3.65. The smallest absolute Gasteiger partial charge is 0.163 e. The van der Waals surface area contributed by atoms with Crippen molar-refractivity contribution in [3.05, 3.63) is 35.4 Å². The van der Waals surface area contributed by atoms with Gasteiger partial charge in [0.25, 0.3) is 0 Å². The molecule has 1 aromatic carbocycles. The lowest BCUT2D eigenvalue weighted by atomic mass is 9.97. The molecule has 15 heavy (non-hydrogen) atoms. The van der Waals surface area contributed by atoms with Crippen LogP contribution < -0.4 is 5.32 Å². The molecule has 0 radical (unpaired) electrons. The lowest BCUT2D eigenvalue weighted by Crippen LogP contribution is -2.27. The maximum atomic E-state index is 13.4. The van der Waals surface area contributed by atoms with Gasteiger partial charge in [0.15, 0.2) is 11.6 Å². The van der Waals surface area contributed by atoms with Gasteiger partial charge in [-0.25, -0.2) is 8.78 Å². The third kappa shape index (κ3) is 2.67. The summed E-state index contributed by atoms with van der Waals surface area (Å²) in [4.78, 5) is 0. The van der Waals surface area contributed by atoms with Crippen LogP contribution in [0, 0.1) is 11.6 Å². The maximum Gasteiger partial charge on any atom is 0.163 e. The van der Waals surface area contributed by atoms with E-state index in [1.807, 2.05) is 0 Å². The molecule has 1 heterocycles. The van der Waals surface area contributed by atoms with Gasteiger partial charge in [-0.2, -0.15) is 0 Å². The fourth-order valence-electron chi connectivity index (χ4n) is 1.91.